The van der Waals surface area contributed by atoms with E-state index in [0.29, 0.717) is 16.3 Å². The van der Waals surface area contributed by atoms with Gasteiger partial charge in [-0.1, -0.05) is 59.6 Å². The van der Waals surface area contributed by atoms with E-state index in [9.17, 15) is 12.8 Å². The normalized spacial score (nSPS) is 11.3. The van der Waals surface area contributed by atoms with Crippen LogP contribution in [0.4, 0.5) is 10.1 Å². The maximum Gasteiger partial charge on any atom is 0.267 e. The van der Waals surface area contributed by atoms with Crippen molar-refractivity contribution in [2.24, 2.45) is 0 Å². The maximum absolute atomic E-state index is 14.2. The Morgan fingerprint density at radius 3 is 2.19 bits per heavy atom. The molecule has 0 spiro atoms. The number of nitrogens with zero attached hydrogens (tertiary/aromatic N) is 1. The Labute approximate surface area is 157 Å². The largest absolute Gasteiger partial charge is 0.267 e. The molecule has 134 valence electrons. The fourth-order valence-corrected chi connectivity index (χ4v) is 4.29. The van der Waals surface area contributed by atoms with Gasteiger partial charge in [-0.15, -0.1) is 0 Å². The number of rotatable bonds is 5. The van der Waals surface area contributed by atoms with Crippen molar-refractivity contribution in [3.8, 4) is 0 Å². The third-order valence-corrected chi connectivity index (χ3v) is 6.17. The smallest absolute Gasteiger partial charge is 0.262 e. The summed E-state index contributed by atoms with van der Waals surface area (Å²) in [6.45, 7) is 1.91. The van der Waals surface area contributed by atoms with Crippen LogP contribution in [0, 0.1) is 12.7 Å². The topological polar surface area (TPSA) is 37.4 Å². The summed E-state index contributed by atoms with van der Waals surface area (Å²) in [6, 6.07) is 19.4. The molecule has 0 aliphatic rings. The quantitative estimate of drug-likeness (QED) is 0.602. The number of sulfonamides is 1. The van der Waals surface area contributed by atoms with Gasteiger partial charge < -0.3 is 0 Å². The maximum atomic E-state index is 14.2. The van der Waals surface area contributed by atoms with Gasteiger partial charge >= 0.3 is 0 Å². The van der Waals surface area contributed by atoms with Crippen LogP contribution in [0.1, 0.15) is 11.1 Å². The fraction of sp³-hybridized carbons (Fsp3) is 0.100. The highest BCUT2D eigenvalue weighted by Crippen LogP contribution is 2.29. The van der Waals surface area contributed by atoms with E-state index in [1.165, 1.54) is 22.5 Å². The van der Waals surface area contributed by atoms with Crippen LogP contribution < -0.4 is 4.31 Å². The van der Waals surface area contributed by atoms with Gasteiger partial charge in [0.2, 0.25) is 0 Å². The average molecular weight is 390 g/mol. The van der Waals surface area contributed by atoms with E-state index in [1.807, 2.05) is 19.1 Å². The van der Waals surface area contributed by atoms with Crippen molar-refractivity contribution in [3.05, 3.63) is 94.8 Å². The molecule has 0 saturated heterocycles. The van der Waals surface area contributed by atoms with Gasteiger partial charge in [-0.05, 0) is 42.8 Å². The molecule has 0 saturated carbocycles. The molecule has 0 aromatic heterocycles. The minimum atomic E-state index is -4.11. The first-order valence-electron chi connectivity index (χ1n) is 7.97. The monoisotopic (exact) mass is 389 g/mol. The highest BCUT2D eigenvalue weighted by Gasteiger charge is 2.28. The lowest BCUT2D eigenvalue weighted by Gasteiger charge is -2.25. The standard InChI is InChI=1S/C20H17ClFNO2S/c1-15-10-12-17(13-11-15)23(14-16-6-2-3-7-18(16)21)26(24,25)20-9-5-4-8-19(20)22/h2-13H,14H2,1H3. The van der Waals surface area contributed by atoms with Gasteiger partial charge in [0.05, 0.1) is 12.2 Å². The number of hydrogen-bond acceptors (Lipinski definition) is 2. The van der Waals surface area contributed by atoms with Crippen LogP contribution in [-0.2, 0) is 16.6 Å². The van der Waals surface area contributed by atoms with Gasteiger partial charge in [-0.25, -0.2) is 12.8 Å². The molecule has 0 radical (unpaired) electrons. The van der Waals surface area contributed by atoms with Crippen LogP contribution in [-0.4, -0.2) is 8.42 Å². The van der Waals surface area contributed by atoms with Crippen molar-refractivity contribution < 1.29 is 12.8 Å². The Balaban J connectivity index is 2.13. The van der Waals surface area contributed by atoms with Crippen molar-refractivity contribution in [2.45, 2.75) is 18.4 Å². The first kappa shape index (κ1) is 18.4. The van der Waals surface area contributed by atoms with Crippen molar-refractivity contribution in [1.82, 2.24) is 0 Å². The predicted octanol–water partition coefficient (Wildman–Crippen LogP) is 5.18. The van der Waals surface area contributed by atoms with E-state index < -0.39 is 15.8 Å². The Kier molecular flexibility index (Phi) is 5.30. The first-order valence-corrected chi connectivity index (χ1v) is 9.79. The van der Waals surface area contributed by atoms with E-state index in [-0.39, 0.29) is 11.4 Å². The van der Waals surface area contributed by atoms with Crippen LogP contribution in [0.3, 0.4) is 0 Å². The van der Waals surface area contributed by atoms with E-state index in [1.54, 1.807) is 36.4 Å². The molecular weight excluding hydrogens is 373 g/mol. The molecule has 0 heterocycles. The number of anilines is 1. The van der Waals surface area contributed by atoms with Crippen LogP contribution in [0.15, 0.2) is 77.7 Å². The van der Waals surface area contributed by atoms with E-state index >= 15 is 0 Å². The number of benzene rings is 3. The van der Waals surface area contributed by atoms with Gasteiger partial charge in [-0.2, -0.15) is 0 Å². The Morgan fingerprint density at radius 1 is 0.923 bits per heavy atom. The molecule has 0 atom stereocenters. The molecule has 3 rings (SSSR count). The zero-order valence-corrected chi connectivity index (χ0v) is 15.6. The third kappa shape index (κ3) is 3.74. The van der Waals surface area contributed by atoms with E-state index in [4.69, 9.17) is 11.6 Å². The summed E-state index contributed by atoms with van der Waals surface area (Å²) in [5.41, 5.74) is 2.07. The summed E-state index contributed by atoms with van der Waals surface area (Å²) in [4.78, 5) is -0.368. The van der Waals surface area contributed by atoms with Gasteiger partial charge in [-0.3, -0.25) is 4.31 Å². The zero-order chi connectivity index (χ0) is 18.7. The second kappa shape index (κ2) is 7.48. The summed E-state index contributed by atoms with van der Waals surface area (Å²) in [5.74, 6) is -0.788. The minimum absolute atomic E-state index is 0.000593. The van der Waals surface area contributed by atoms with Crippen LogP contribution >= 0.6 is 11.6 Å². The SMILES string of the molecule is Cc1ccc(N(Cc2ccccc2Cl)S(=O)(=O)c2ccccc2F)cc1. The number of aryl methyl sites for hydroxylation is 1. The molecule has 3 nitrogen and oxygen atoms in total. The highest BCUT2D eigenvalue weighted by atomic mass is 35.5. The Morgan fingerprint density at radius 2 is 1.54 bits per heavy atom. The van der Waals surface area contributed by atoms with Gasteiger partial charge in [0.15, 0.2) is 0 Å². The van der Waals surface area contributed by atoms with Crippen LogP contribution in [0.25, 0.3) is 0 Å². The number of halogens is 2. The lowest BCUT2D eigenvalue weighted by Crippen LogP contribution is -2.31. The summed E-state index contributed by atoms with van der Waals surface area (Å²) in [6.07, 6.45) is 0. The fourth-order valence-electron chi connectivity index (χ4n) is 2.58. The third-order valence-electron chi connectivity index (χ3n) is 4.00. The molecule has 0 fully saturated rings. The lowest BCUT2D eigenvalue weighted by molar-refractivity contribution is 0.563. The Hall–Kier alpha value is -2.37. The molecule has 6 heteroatoms. The lowest BCUT2D eigenvalue weighted by atomic mass is 10.2. The molecule has 3 aromatic rings. The molecule has 26 heavy (non-hydrogen) atoms. The average Bonchev–Trinajstić information content (AvgIpc) is 2.62. The van der Waals surface area contributed by atoms with E-state index in [0.717, 1.165) is 11.6 Å². The van der Waals surface area contributed by atoms with E-state index in [2.05, 4.69) is 0 Å². The molecule has 0 aliphatic heterocycles. The Bertz CT molecular complexity index is 1020. The predicted molar refractivity (Wildman–Crippen MR) is 102 cm³/mol. The van der Waals surface area contributed by atoms with Crippen molar-refractivity contribution >= 4 is 27.3 Å². The van der Waals surface area contributed by atoms with Crippen molar-refractivity contribution in [2.75, 3.05) is 4.31 Å². The van der Waals surface area contributed by atoms with Crippen LogP contribution in [0.2, 0.25) is 5.02 Å². The molecule has 0 bridgehead atoms. The second-order valence-electron chi connectivity index (χ2n) is 5.87. The second-order valence-corrected chi connectivity index (χ2v) is 8.11. The highest BCUT2D eigenvalue weighted by molar-refractivity contribution is 7.92. The van der Waals surface area contributed by atoms with Gasteiger partial charge in [0, 0.05) is 5.02 Å². The van der Waals surface area contributed by atoms with Gasteiger partial charge in [0.25, 0.3) is 10.0 Å². The first-order chi connectivity index (χ1) is 12.4. The molecule has 0 aliphatic carbocycles. The van der Waals surface area contributed by atoms with Crippen molar-refractivity contribution in [3.63, 3.8) is 0 Å². The summed E-state index contributed by atoms with van der Waals surface area (Å²) in [5, 5.41) is 0.452. The summed E-state index contributed by atoms with van der Waals surface area (Å²) < 4.78 is 41.8. The van der Waals surface area contributed by atoms with Gasteiger partial charge in [0.1, 0.15) is 10.7 Å². The minimum Gasteiger partial charge on any atom is -0.262 e. The van der Waals surface area contributed by atoms with Crippen molar-refractivity contribution in [1.29, 1.82) is 0 Å². The zero-order valence-electron chi connectivity index (χ0n) is 14.1. The van der Waals surface area contributed by atoms with Crippen LogP contribution in [0.5, 0.6) is 0 Å². The summed E-state index contributed by atoms with van der Waals surface area (Å²) in [7, 11) is -4.11. The number of hydrogen-bond donors (Lipinski definition) is 0. The molecule has 0 amide bonds. The molecule has 0 unspecified atom stereocenters. The molecule has 0 N–H and O–H groups in total. The molecular formula is C20H17ClFNO2S. The summed E-state index contributed by atoms with van der Waals surface area (Å²) >= 11 is 6.21. The molecule has 3 aromatic carbocycles.